The van der Waals surface area contributed by atoms with Crippen molar-refractivity contribution in [2.45, 2.75) is 101 Å². The molecule has 2 rings (SSSR count). The van der Waals surface area contributed by atoms with Gasteiger partial charge in [0.05, 0.1) is 12.2 Å². The number of rotatable bonds is 10. The van der Waals surface area contributed by atoms with Crippen LogP contribution < -0.4 is 0 Å². The van der Waals surface area contributed by atoms with Crippen molar-refractivity contribution < 1.29 is 10.2 Å². The van der Waals surface area contributed by atoms with Gasteiger partial charge in [-0.1, -0.05) is 147 Å². The van der Waals surface area contributed by atoms with Gasteiger partial charge in [0.15, 0.2) is 0 Å². The van der Waals surface area contributed by atoms with Gasteiger partial charge in [0, 0.05) is 5.92 Å². The molecule has 0 fully saturated rings. The van der Waals surface area contributed by atoms with Crippen LogP contribution in [0.25, 0.3) is 0 Å². The zero-order chi connectivity index (χ0) is 31.5. The highest BCUT2D eigenvalue weighted by Crippen LogP contribution is 2.41. The molecule has 0 aromatic heterocycles. The summed E-state index contributed by atoms with van der Waals surface area (Å²) in [7, 11) is 0. The molecule has 0 saturated carbocycles. The molecule has 3 atom stereocenters. The number of aliphatic hydroxyl groups is 2. The maximum Gasteiger partial charge on any atom is 0.0753 e. The third-order valence-electron chi connectivity index (χ3n) is 8.41. The molecule has 42 heavy (non-hydrogen) atoms. The molecular formula is C40H56O2. The van der Waals surface area contributed by atoms with Crippen LogP contribution in [0, 0.1) is 16.7 Å². The molecule has 2 aliphatic carbocycles. The van der Waals surface area contributed by atoms with E-state index in [0.29, 0.717) is 5.92 Å². The Morgan fingerprint density at radius 1 is 0.714 bits per heavy atom. The molecule has 2 heteroatoms. The third kappa shape index (κ3) is 11.7. The lowest BCUT2D eigenvalue weighted by Gasteiger charge is -2.37. The van der Waals surface area contributed by atoms with Gasteiger partial charge in [-0.15, -0.1) is 0 Å². The van der Waals surface area contributed by atoms with Crippen molar-refractivity contribution in [3.05, 3.63) is 130 Å². The molecule has 0 bridgehead atoms. The van der Waals surface area contributed by atoms with E-state index in [1.165, 1.54) is 33.4 Å². The first-order valence-electron chi connectivity index (χ1n) is 15.4. The summed E-state index contributed by atoms with van der Waals surface area (Å²) in [5, 5.41) is 20.3. The van der Waals surface area contributed by atoms with Crippen LogP contribution in [0.15, 0.2) is 130 Å². The van der Waals surface area contributed by atoms with Gasteiger partial charge in [0.25, 0.3) is 0 Å². The average Bonchev–Trinajstić information content (AvgIpc) is 2.86. The summed E-state index contributed by atoms with van der Waals surface area (Å²) in [6.45, 7) is 21.5. The molecule has 228 valence electrons. The quantitative estimate of drug-likeness (QED) is 0.203. The topological polar surface area (TPSA) is 40.5 Å². The molecule has 0 saturated heterocycles. The van der Waals surface area contributed by atoms with Crippen molar-refractivity contribution >= 4 is 0 Å². The van der Waals surface area contributed by atoms with Gasteiger partial charge < -0.3 is 10.2 Å². The first-order valence-corrected chi connectivity index (χ1v) is 15.4. The number of aliphatic hydroxyl groups excluding tert-OH is 2. The first-order chi connectivity index (χ1) is 19.6. The van der Waals surface area contributed by atoms with Crippen LogP contribution in [-0.2, 0) is 0 Å². The molecule has 0 aliphatic heterocycles. The molecule has 0 aromatic rings. The summed E-state index contributed by atoms with van der Waals surface area (Å²) in [6, 6.07) is 0. The van der Waals surface area contributed by atoms with E-state index in [1.54, 1.807) is 0 Å². The van der Waals surface area contributed by atoms with E-state index in [4.69, 9.17) is 0 Å². The second-order valence-corrected chi connectivity index (χ2v) is 13.7. The minimum atomic E-state index is -0.317. The lowest BCUT2D eigenvalue weighted by atomic mass is 9.69. The third-order valence-corrected chi connectivity index (χ3v) is 8.41. The van der Waals surface area contributed by atoms with Crippen molar-refractivity contribution in [3.63, 3.8) is 0 Å². The summed E-state index contributed by atoms with van der Waals surface area (Å²) < 4.78 is 0. The Balaban J connectivity index is 1.89. The second kappa shape index (κ2) is 16.1. The van der Waals surface area contributed by atoms with E-state index in [0.717, 1.165) is 24.8 Å². The molecule has 0 heterocycles. The fraction of sp³-hybridized carbons (Fsp3) is 0.450. The molecule has 2 aliphatic rings. The van der Waals surface area contributed by atoms with Crippen molar-refractivity contribution in [2.24, 2.45) is 16.7 Å². The highest BCUT2D eigenvalue weighted by atomic mass is 16.3. The van der Waals surface area contributed by atoms with Gasteiger partial charge >= 0.3 is 0 Å². The lowest BCUT2D eigenvalue weighted by molar-refractivity contribution is 0.112. The van der Waals surface area contributed by atoms with E-state index >= 15 is 0 Å². The highest BCUT2D eigenvalue weighted by molar-refractivity contribution is 5.38. The van der Waals surface area contributed by atoms with Crippen LogP contribution >= 0.6 is 0 Å². The van der Waals surface area contributed by atoms with Crippen LogP contribution in [0.2, 0.25) is 0 Å². The predicted octanol–water partition coefficient (Wildman–Crippen LogP) is 10.4. The van der Waals surface area contributed by atoms with E-state index < -0.39 is 0 Å². The Morgan fingerprint density at radius 2 is 1.21 bits per heavy atom. The summed E-state index contributed by atoms with van der Waals surface area (Å²) in [5.74, 6) is 0.334. The molecule has 0 amide bonds. The van der Waals surface area contributed by atoms with Crippen LogP contribution in [0.5, 0.6) is 0 Å². The van der Waals surface area contributed by atoms with Gasteiger partial charge in [0.2, 0.25) is 0 Å². The fourth-order valence-corrected chi connectivity index (χ4v) is 5.72. The Hall–Kier alpha value is -2.94. The Bertz CT molecular complexity index is 1270. The smallest absolute Gasteiger partial charge is 0.0753 e. The zero-order valence-electron chi connectivity index (χ0n) is 27.9. The second-order valence-electron chi connectivity index (χ2n) is 13.7. The first kappa shape index (κ1) is 35.3. The maximum absolute atomic E-state index is 10.2. The van der Waals surface area contributed by atoms with Crippen molar-refractivity contribution in [2.75, 3.05) is 0 Å². The van der Waals surface area contributed by atoms with E-state index in [-0.39, 0.29) is 23.0 Å². The van der Waals surface area contributed by atoms with Crippen LogP contribution in [0.4, 0.5) is 0 Å². The summed E-state index contributed by atoms with van der Waals surface area (Å²) in [5.41, 5.74) is 8.56. The molecule has 2 nitrogen and oxygen atoms in total. The van der Waals surface area contributed by atoms with Gasteiger partial charge in [-0.25, -0.2) is 0 Å². The number of hydrogen-bond acceptors (Lipinski definition) is 2. The molecule has 0 spiro atoms. The van der Waals surface area contributed by atoms with Gasteiger partial charge in [-0.05, 0) is 82.8 Å². The van der Waals surface area contributed by atoms with Gasteiger partial charge in [-0.3, -0.25) is 0 Å². The van der Waals surface area contributed by atoms with Gasteiger partial charge in [-0.2, -0.15) is 0 Å². The molecule has 2 N–H and O–H groups in total. The van der Waals surface area contributed by atoms with Crippen molar-refractivity contribution in [1.29, 1.82) is 0 Å². The van der Waals surface area contributed by atoms with Crippen molar-refractivity contribution in [3.8, 4) is 0 Å². The maximum atomic E-state index is 10.2. The van der Waals surface area contributed by atoms with Crippen LogP contribution in [0.1, 0.15) is 88.5 Å². The number of hydrogen-bond donors (Lipinski definition) is 2. The van der Waals surface area contributed by atoms with Crippen molar-refractivity contribution in [1.82, 2.24) is 0 Å². The highest BCUT2D eigenvalue weighted by Gasteiger charge is 2.33. The van der Waals surface area contributed by atoms with E-state index in [2.05, 4.69) is 153 Å². The van der Waals surface area contributed by atoms with Crippen LogP contribution in [0.3, 0.4) is 0 Å². The normalized spacial score (nSPS) is 26.6. The monoisotopic (exact) mass is 568 g/mol. The lowest BCUT2D eigenvalue weighted by Crippen LogP contribution is -2.32. The SMILES string of the molecule is CC(C=CC=C(C)C=CC1=C(C)CC(O)CC1(C)C)=CC=CC=C(C)C=CC=C(C)C=CC1C=C(C)C(O)CC1(C)C. The molecule has 0 radical (unpaired) electrons. The Kier molecular flexibility index (Phi) is 13.5. The standard InChI is InChI=1S/C40H56O2/c1-29(17-13-19-31(3)21-23-35-25-34(6)38(42)28-39(35,7)8)15-11-12-16-30(2)18-14-20-32(4)22-24-37-33(5)26-36(41)27-40(37,9)10/h11-25,35-36,38,41-42H,26-28H2,1-10H3. The van der Waals surface area contributed by atoms with E-state index in [1.807, 2.05) is 6.92 Å². The Morgan fingerprint density at radius 3 is 1.76 bits per heavy atom. The number of allylic oxidation sites excluding steroid dienone is 20. The average molecular weight is 569 g/mol. The van der Waals surface area contributed by atoms with E-state index in [9.17, 15) is 10.2 Å². The van der Waals surface area contributed by atoms with Gasteiger partial charge in [0.1, 0.15) is 0 Å². The largest absolute Gasteiger partial charge is 0.393 e. The van der Waals surface area contributed by atoms with Crippen LogP contribution in [-0.4, -0.2) is 22.4 Å². The molecule has 0 aromatic carbocycles. The molecule has 3 unspecified atom stereocenters. The molecular weight excluding hydrogens is 512 g/mol. The Labute approximate surface area is 257 Å². The predicted molar refractivity (Wildman–Crippen MR) is 184 cm³/mol. The summed E-state index contributed by atoms with van der Waals surface area (Å²) in [4.78, 5) is 0. The zero-order valence-corrected chi connectivity index (χ0v) is 27.9. The minimum Gasteiger partial charge on any atom is -0.393 e. The fourth-order valence-electron chi connectivity index (χ4n) is 5.72. The minimum absolute atomic E-state index is 0.00533. The summed E-state index contributed by atoms with van der Waals surface area (Å²) >= 11 is 0. The summed E-state index contributed by atoms with van der Waals surface area (Å²) in [6.07, 6.45) is 34.0.